The molecule has 1 aromatic carbocycles. The molecule has 0 spiro atoms. The molecule has 1 atom stereocenters. The maximum atomic E-state index is 5.87. The van der Waals surface area contributed by atoms with Gasteiger partial charge in [-0.2, -0.15) is 0 Å². The fraction of sp³-hybridized carbons (Fsp3) is 0.286. The lowest BCUT2D eigenvalue weighted by molar-refractivity contribution is 0.477. The van der Waals surface area contributed by atoms with Crippen molar-refractivity contribution >= 4 is 26.9 Å². The number of benzene rings is 1. The maximum Gasteiger partial charge on any atom is 0.148 e. The lowest BCUT2D eigenvalue weighted by atomic mass is 10.2. The third-order valence-corrected chi connectivity index (χ3v) is 3.30. The second-order valence-corrected chi connectivity index (χ2v) is 4.83. The zero-order valence-corrected chi connectivity index (χ0v) is 11.5. The lowest BCUT2D eigenvalue weighted by Gasteiger charge is -2.10. The summed E-state index contributed by atoms with van der Waals surface area (Å²) in [5.74, 6) is 0.912. The van der Waals surface area contributed by atoms with E-state index in [0.29, 0.717) is 0 Å². The largest absolute Gasteiger partial charge is 0.458 e. The first-order valence-electron chi connectivity index (χ1n) is 5.80. The van der Waals surface area contributed by atoms with Crippen molar-refractivity contribution in [3.8, 4) is 0 Å². The van der Waals surface area contributed by atoms with Gasteiger partial charge in [0.25, 0.3) is 0 Å². The van der Waals surface area contributed by atoms with Crippen LogP contribution in [-0.2, 0) is 0 Å². The molecule has 2 nitrogen and oxygen atoms in total. The minimum Gasteiger partial charge on any atom is -0.458 e. The highest BCUT2D eigenvalue weighted by atomic mass is 79.9. The Morgan fingerprint density at radius 2 is 2.35 bits per heavy atom. The van der Waals surface area contributed by atoms with E-state index >= 15 is 0 Å². The average molecular weight is 294 g/mol. The molecule has 1 N–H and O–H groups in total. The van der Waals surface area contributed by atoms with Crippen LogP contribution in [0.15, 0.2) is 45.8 Å². The van der Waals surface area contributed by atoms with Crippen molar-refractivity contribution in [2.75, 3.05) is 6.54 Å². The van der Waals surface area contributed by atoms with Gasteiger partial charge in [0.1, 0.15) is 11.3 Å². The summed E-state index contributed by atoms with van der Waals surface area (Å²) < 4.78 is 6.85. The van der Waals surface area contributed by atoms with E-state index in [9.17, 15) is 0 Å². The van der Waals surface area contributed by atoms with E-state index in [1.165, 1.54) is 0 Å². The normalized spacial score (nSPS) is 12.8. The van der Waals surface area contributed by atoms with Gasteiger partial charge in [0.15, 0.2) is 0 Å². The summed E-state index contributed by atoms with van der Waals surface area (Å²) in [6.45, 7) is 6.94. The van der Waals surface area contributed by atoms with E-state index in [1.807, 2.05) is 24.3 Å². The second kappa shape index (κ2) is 5.52. The van der Waals surface area contributed by atoms with Crippen LogP contribution < -0.4 is 5.32 Å². The third kappa shape index (κ3) is 2.61. The van der Waals surface area contributed by atoms with E-state index in [1.54, 1.807) is 0 Å². The van der Waals surface area contributed by atoms with Gasteiger partial charge in [-0.3, -0.25) is 0 Å². The number of halogens is 1. The number of hydrogen-bond donors (Lipinski definition) is 1. The summed E-state index contributed by atoms with van der Waals surface area (Å²) in [7, 11) is 0. The Bertz CT molecular complexity index is 518. The number of rotatable bonds is 5. The molecule has 0 aliphatic rings. The van der Waals surface area contributed by atoms with Gasteiger partial charge in [0.2, 0.25) is 0 Å². The average Bonchev–Trinajstić information content (AvgIpc) is 2.75. The van der Waals surface area contributed by atoms with Crippen LogP contribution in [0.25, 0.3) is 11.0 Å². The van der Waals surface area contributed by atoms with Crippen LogP contribution in [0, 0.1) is 0 Å². The topological polar surface area (TPSA) is 25.2 Å². The van der Waals surface area contributed by atoms with E-state index in [2.05, 4.69) is 40.8 Å². The Kier molecular flexibility index (Phi) is 4.02. The third-order valence-electron chi connectivity index (χ3n) is 2.67. The van der Waals surface area contributed by atoms with Crippen molar-refractivity contribution in [1.29, 1.82) is 0 Å². The first-order chi connectivity index (χ1) is 8.26. The van der Waals surface area contributed by atoms with Gasteiger partial charge in [-0.05, 0) is 41.0 Å². The van der Waals surface area contributed by atoms with Crippen molar-refractivity contribution in [2.24, 2.45) is 0 Å². The van der Waals surface area contributed by atoms with E-state index < -0.39 is 0 Å². The van der Waals surface area contributed by atoms with Crippen molar-refractivity contribution < 1.29 is 4.42 Å². The summed E-state index contributed by atoms with van der Waals surface area (Å²) >= 11 is 3.49. The molecule has 1 heterocycles. The Balaban J connectivity index is 2.34. The molecular formula is C14H16BrNO. The summed E-state index contributed by atoms with van der Waals surface area (Å²) in [5.41, 5.74) is 0.896. The summed E-state index contributed by atoms with van der Waals surface area (Å²) in [4.78, 5) is 0. The van der Waals surface area contributed by atoms with Crippen LogP contribution >= 0.6 is 15.9 Å². The second-order valence-electron chi connectivity index (χ2n) is 3.97. The molecule has 2 rings (SSSR count). The minimum absolute atomic E-state index is 0.0780. The van der Waals surface area contributed by atoms with Crippen LogP contribution in [-0.4, -0.2) is 6.54 Å². The molecule has 90 valence electrons. The van der Waals surface area contributed by atoms with Gasteiger partial charge in [-0.1, -0.05) is 25.1 Å². The van der Waals surface area contributed by atoms with Crippen LogP contribution in [0.1, 0.15) is 25.1 Å². The highest BCUT2D eigenvalue weighted by Crippen LogP contribution is 2.29. The van der Waals surface area contributed by atoms with Crippen LogP contribution in [0.5, 0.6) is 0 Å². The fourth-order valence-corrected chi connectivity index (χ4v) is 2.26. The summed E-state index contributed by atoms with van der Waals surface area (Å²) in [6.07, 6.45) is 2.97. The van der Waals surface area contributed by atoms with Gasteiger partial charge in [-0.25, -0.2) is 0 Å². The molecule has 2 aromatic rings. The number of furan rings is 1. The molecule has 1 aromatic heterocycles. The molecule has 17 heavy (non-hydrogen) atoms. The van der Waals surface area contributed by atoms with Gasteiger partial charge < -0.3 is 9.73 Å². The van der Waals surface area contributed by atoms with E-state index in [0.717, 1.165) is 34.2 Å². The van der Waals surface area contributed by atoms with Gasteiger partial charge in [0.05, 0.1) is 10.5 Å². The maximum absolute atomic E-state index is 5.87. The molecule has 0 bridgehead atoms. The molecular weight excluding hydrogens is 278 g/mol. The van der Waals surface area contributed by atoms with Crippen molar-refractivity contribution in [1.82, 2.24) is 5.32 Å². The predicted octanol–water partition coefficient (Wildman–Crippen LogP) is 4.42. The highest BCUT2D eigenvalue weighted by molar-refractivity contribution is 9.10. The Morgan fingerprint density at radius 1 is 1.53 bits per heavy atom. The van der Waals surface area contributed by atoms with E-state index in [-0.39, 0.29) is 6.04 Å². The van der Waals surface area contributed by atoms with Crippen molar-refractivity contribution in [3.05, 3.63) is 47.2 Å². The fourth-order valence-electron chi connectivity index (χ4n) is 1.80. The quantitative estimate of drug-likeness (QED) is 0.826. The zero-order valence-electron chi connectivity index (χ0n) is 9.87. The smallest absolute Gasteiger partial charge is 0.148 e. The molecule has 0 fully saturated rings. The molecule has 3 heteroatoms. The van der Waals surface area contributed by atoms with Crippen LogP contribution in [0.4, 0.5) is 0 Å². The Morgan fingerprint density at radius 3 is 3.00 bits per heavy atom. The molecule has 0 saturated heterocycles. The summed E-state index contributed by atoms with van der Waals surface area (Å²) in [5, 5.41) is 4.50. The van der Waals surface area contributed by atoms with Gasteiger partial charge in [0, 0.05) is 5.39 Å². The highest BCUT2D eigenvalue weighted by Gasteiger charge is 2.13. The monoisotopic (exact) mass is 293 g/mol. The zero-order chi connectivity index (χ0) is 12.3. The number of nitrogens with one attached hydrogen (secondary N) is 1. The van der Waals surface area contributed by atoms with Crippen LogP contribution in [0.3, 0.4) is 0 Å². The van der Waals surface area contributed by atoms with E-state index in [4.69, 9.17) is 4.42 Å². The lowest BCUT2D eigenvalue weighted by Crippen LogP contribution is -2.19. The number of hydrogen-bond acceptors (Lipinski definition) is 2. The predicted molar refractivity (Wildman–Crippen MR) is 75.1 cm³/mol. The van der Waals surface area contributed by atoms with Crippen molar-refractivity contribution in [3.63, 3.8) is 0 Å². The Labute approximate surface area is 110 Å². The van der Waals surface area contributed by atoms with Gasteiger partial charge in [-0.15, -0.1) is 6.58 Å². The standard InChI is InChI=1S/C14H16BrNO/c1-3-8-16-12(4-2)13-9-10-6-5-7-11(15)14(10)17-13/h4-7,9,12,16H,2-3,8H2,1H3. The first kappa shape index (κ1) is 12.4. The van der Waals surface area contributed by atoms with Gasteiger partial charge >= 0.3 is 0 Å². The number of fused-ring (bicyclic) bond motifs is 1. The first-order valence-corrected chi connectivity index (χ1v) is 6.59. The number of para-hydroxylation sites is 1. The molecule has 0 aliphatic carbocycles. The molecule has 1 unspecified atom stereocenters. The summed E-state index contributed by atoms with van der Waals surface area (Å²) in [6, 6.07) is 8.18. The molecule has 0 aliphatic heterocycles. The minimum atomic E-state index is 0.0780. The van der Waals surface area contributed by atoms with Crippen LogP contribution in [0.2, 0.25) is 0 Å². The molecule has 0 radical (unpaired) electrons. The SMILES string of the molecule is C=CC(NCCC)c1cc2cccc(Br)c2o1. The van der Waals surface area contributed by atoms with Crippen molar-refractivity contribution in [2.45, 2.75) is 19.4 Å². The Hall–Kier alpha value is -1.06. The molecule has 0 saturated carbocycles. The molecule has 0 amide bonds.